The summed E-state index contributed by atoms with van der Waals surface area (Å²) in [4.78, 5) is 25.5. The highest BCUT2D eigenvalue weighted by molar-refractivity contribution is 7.17. The molecule has 0 unspecified atom stereocenters. The van der Waals surface area contributed by atoms with Gasteiger partial charge in [0, 0.05) is 18.9 Å². The van der Waals surface area contributed by atoms with E-state index in [4.69, 9.17) is 0 Å². The topological polar surface area (TPSA) is 77.0 Å². The number of amides is 1. The summed E-state index contributed by atoms with van der Waals surface area (Å²) < 4.78 is 28.6. The maximum absolute atomic E-state index is 12.4. The van der Waals surface area contributed by atoms with E-state index in [0.29, 0.717) is 34.4 Å². The Balaban J connectivity index is 1.56. The molecule has 0 aliphatic carbocycles. The standard InChI is InChI=1S/C18H16F2N4O2S/c1-11-14(27-17(24-11)15-21-8-2-9-22-15)16(25)23-10-7-12-3-5-13(6-4-12)26-18(19)20/h2-6,8-9,18H,7,10H2,1H3,(H,23,25). The summed E-state index contributed by atoms with van der Waals surface area (Å²) in [7, 11) is 0. The Labute approximate surface area is 158 Å². The lowest BCUT2D eigenvalue weighted by atomic mass is 10.1. The summed E-state index contributed by atoms with van der Waals surface area (Å²) >= 11 is 1.24. The molecule has 0 radical (unpaired) electrons. The normalized spacial score (nSPS) is 10.8. The van der Waals surface area contributed by atoms with Crippen LogP contribution in [-0.2, 0) is 6.42 Å². The number of rotatable bonds is 7. The number of hydrogen-bond acceptors (Lipinski definition) is 6. The zero-order valence-corrected chi connectivity index (χ0v) is 15.2. The number of alkyl halides is 2. The van der Waals surface area contributed by atoms with Crippen molar-refractivity contribution >= 4 is 17.2 Å². The van der Waals surface area contributed by atoms with Gasteiger partial charge in [0.1, 0.15) is 10.6 Å². The lowest BCUT2D eigenvalue weighted by molar-refractivity contribution is -0.0498. The molecule has 0 aliphatic rings. The zero-order valence-electron chi connectivity index (χ0n) is 14.4. The summed E-state index contributed by atoms with van der Waals surface area (Å²) in [5, 5.41) is 3.43. The van der Waals surface area contributed by atoms with E-state index >= 15 is 0 Å². The number of aromatic nitrogens is 3. The van der Waals surface area contributed by atoms with Gasteiger partial charge in [-0.15, -0.1) is 11.3 Å². The summed E-state index contributed by atoms with van der Waals surface area (Å²) in [6, 6.07) is 8.04. The van der Waals surface area contributed by atoms with Gasteiger partial charge in [-0.3, -0.25) is 4.79 Å². The molecular formula is C18H16F2N4O2S. The molecule has 140 valence electrons. The molecule has 2 heterocycles. The van der Waals surface area contributed by atoms with Gasteiger partial charge in [0.2, 0.25) is 0 Å². The fourth-order valence-corrected chi connectivity index (χ4v) is 3.28. The van der Waals surface area contributed by atoms with Crippen LogP contribution in [-0.4, -0.2) is 34.0 Å². The molecule has 2 aromatic heterocycles. The van der Waals surface area contributed by atoms with Crippen molar-refractivity contribution in [2.45, 2.75) is 20.0 Å². The minimum Gasteiger partial charge on any atom is -0.435 e. The van der Waals surface area contributed by atoms with Crippen LogP contribution in [0.25, 0.3) is 10.8 Å². The summed E-state index contributed by atoms with van der Waals surface area (Å²) in [5.74, 6) is 0.370. The minimum absolute atomic E-state index is 0.105. The number of carbonyl (C=O) groups is 1. The van der Waals surface area contributed by atoms with Gasteiger partial charge < -0.3 is 10.1 Å². The maximum atomic E-state index is 12.4. The van der Waals surface area contributed by atoms with E-state index < -0.39 is 6.61 Å². The number of hydrogen-bond donors (Lipinski definition) is 1. The van der Waals surface area contributed by atoms with Crippen LogP contribution in [0, 0.1) is 6.92 Å². The fraction of sp³-hybridized carbons (Fsp3) is 0.222. The van der Waals surface area contributed by atoms with Crippen LogP contribution in [0.4, 0.5) is 8.78 Å². The van der Waals surface area contributed by atoms with E-state index in [1.807, 2.05) is 0 Å². The van der Waals surface area contributed by atoms with Crippen molar-refractivity contribution in [2.75, 3.05) is 6.54 Å². The van der Waals surface area contributed by atoms with E-state index in [-0.39, 0.29) is 11.7 Å². The zero-order chi connectivity index (χ0) is 19.2. The molecule has 1 N–H and O–H groups in total. The first-order chi connectivity index (χ1) is 13.0. The summed E-state index contributed by atoms with van der Waals surface area (Å²) in [6.07, 6.45) is 3.81. The smallest absolute Gasteiger partial charge is 0.387 e. The quantitative estimate of drug-likeness (QED) is 0.668. The number of nitrogens with one attached hydrogen (secondary N) is 1. The predicted octanol–water partition coefficient (Wildman–Crippen LogP) is 3.48. The van der Waals surface area contributed by atoms with Crippen LogP contribution in [0.3, 0.4) is 0 Å². The molecule has 27 heavy (non-hydrogen) atoms. The second kappa shape index (κ2) is 8.63. The molecule has 0 fully saturated rings. The number of thiazole rings is 1. The van der Waals surface area contributed by atoms with Gasteiger partial charge >= 0.3 is 6.61 Å². The number of halogens is 2. The molecular weight excluding hydrogens is 374 g/mol. The van der Waals surface area contributed by atoms with Gasteiger partial charge in [0.15, 0.2) is 10.8 Å². The highest BCUT2D eigenvalue weighted by Crippen LogP contribution is 2.25. The lowest BCUT2D eigenvalue weighted by Crippen LogP contribution is -2.25. The van der Waals surface area contributed by atoms with Crippen molar-refractivity contribution in [1.29, 1.82) is 0 Å². The third-order valence-electron chi connectivity index (χ3n) is 3.61. The van der Waals surface area contributed by atoms with E-state index in [2.05, 4.69) is 25.0 Å². The van der Waals surface area contributed by atoms with Crippen LogP contribution < -0.4 is 10.1 Å². The number of benzene rings is 1. The van der Waals surface area contributed by atoms with Gasteiger partial charge in [0.25, 0.3) is 5.91 Å². The van der Waals surface area contributed by atoms with Crippen molar-refractivity contribution in [3.8, 4) is 16.6 Å². The molecule has 1 aromatic carbocycles. The first-order valence-electron chi connectivity index (χ1n) is 8.09. The second-order valence-electron chi connectivity index (χ2n) is 5.53. The van der Waals surface area contributed by atoms with Gasteiger partial charge in [-0.2, -0.15) is 8.78 Å². The molecule has 0 spiro atoms. The van der Waals surface area contributed by atoms with Crippen LogP contribution >= 0.6 is 11.3 Å². The number of ether oxygens (including phenoxy) is 1. The second-order valence-corrected chi connectivity index (χ2v) is 6.53. The number of carbonyl (C=O) groups excluding carboxylic acids is 1. The van der Waals surface area contributed by atoms with Crippen molar-refractivity contribution in [3.05, 3.63) is 58.9 Å². The van der Waals surface area contributed by atoms with E-state index in [0.717, 1.165) is 5.56 Å². The average Bonchev–Trinajstić information content (AvgIpc) is 3.05. The maximum Gasteiger partial charge on any atom is 0.387 e. The summed E-state index contributed by atoms with van der Waals surface area (Å²) in [6.45, 7) is -0.675. The Morgan fingerprint density at radius 2 is 1.93 bits per heavy atom. The molecule has 1 amide bonds. The minimum atomic E-state index is -2.84. The van der Waals surface area contributed by atoms with Crippen LogP contribution in [0.1, 0.15) is 20.9 Å². The lowest BCUT2D eigenvalue weighted by Gasteiger charge is -2.07. The third-order valence-corrected chi connectivity index (χ3v) is 4.76. The molecule has 0 bridgehead atoms. The molecule has 0 atom stereocenters. The largest absolute Gasteiger partial charge is 0.435 e. The molecule has 0 saturated heterocycles. The van der Waals surface area contributed by atoms with E-state index in [1.165, 1.54) is 23.5 Å². The number of aryl methyl sites for hydroxylation is 1. The first-order valence-corrected chi connectivity index (χ1v) is 8.91. The monoisotopic (exact) mass is 390 g/mol. The van der Waals surface area contributed by atoms with Crippen LogP contribution in [0.2, 0.25) is 0 Å². The van der Waals surface area contributed by atoms with Crippen LogP contribution in [0.15, 0.2) is 42.7 Å². The van der Waals surface area contributed by atoms with Gasteiger partial charge in [-0.1, -0.05) is 12.1 Å². The van der Waals surface area contributed by atoms with Gasteiger partial charge in [0.05, 0.1) is 5.69 Å². The fourth-order valence-electron chi connectivity index (χ4n) is 2.35. The highest BCUT2D eigenvalue weighted by atomic mass is 32.1. The van der Waals surface area contributed by atoms with Crippen LogP contribution in [0.5, 0.6) is 5.75 Å². The highest BCUT2D eigenvalue weighted by Gasteiger charge is 2.17. The van der Waals surface area contributed by atoms with Crippen molar-refractivity contribution in [2.24, 2.45) is 0 Å². The Morgan fingerprint density at radius 3 is 2.59 bits per heavy atom. The van der Waals surface area contributed by atoms with E-state index in [9.17, 15) is 13.6 Å². The molecule has 9 heteroatoms. The molecule has 3 rings (SSSR count). The predicted molar refractivity (Wildman–Crippen MR) is 97.0 cm³/mol. The Kier molecular flexibility index (Phi) is 6.02. The molecule has 3 aromatic rings. The van der Waals surface area contributed by atoms with Crippen molar-refractivity contribution < 1.29 is 18.3 Å². The third kappa shape index (κ3) is 5.04. The molecule has 0 aliphatic heterocycles. The average molecular weight is 390 g/mol. The summed E-state index contributed by atoms with van der Waals surface area (Å²) in [5.41, 5.74) is 1.52. The van der Waals surface area contributed by atoms with Gasteiger partial charge in [-0.25, -0.2) is 15.0 Å². The van der Waals surface area contributed by atoms with Crippen molar-refractivity contribution in [1.82, 2.24) is 20.3 Å². The Bertz CT molecular complexity index is 901. The SMILES string of the molecule is Cc1nc(-c2ncccn2)sc1C(=O)NCCc1ccc(OC(F)F)cc1. The molecule has 0 saturated carbocycles. The number of nitrogens with zero attached hydrogens (tertiary/aromatic N) is 3. The van der Waals surface area contributed by atoms with E-state index in [1.54, 1.807) is 37.5 Å². The first kappa shape index (κ1) is 18.8. The molecule has 6 nitrogen and oxygen atoms in total. The van der Waals surface area contributed by atoms with Gasteiger partial charge in [-0.05, 0) is 37.1 Å². The Morgan fingerprint density at radius 1 is 1.22 bits per heavy atom. The van der Waals surface area contributed by atoms with Crippen molar-refractivity contribution in [3.63, 3.8) is 0 Å². The Hall–Kier alpha value is -2.94.